The summed E-state index contributed by atoms with van der Waals surface area (Å²) in [5, 5.41) is 0. The van der Waals surface area contributed by atoms with Crippen LogP contribution in [0.1, 0.15) is 58.8 Å². The van der Waals surface area contributed by atoms with Crippen molar-refractivity contribution in [1.29, 1.82) is 0 Å². The minimum atomic E-state index is -0.658. The highest BCUT2D eigenvalue weighted by atomic mass is 16.6. The molecular formula is C14H26N2O4. The van der Waals surface area contributed by atoms with Gasteiger partial charge in [0.15, 0.2) is 0 Å². The van der Waals surface area contributed by atoms with Gasteiger partial charge in [-0.25, -0.2) is 9.59 Å². The van der Waals surface area contributed by atoms with Crippen LogP contribution in [0.15, 0.2) is 0 Å². The lowest BCUT2D eigenvalue weighted by molar-refractivity contribution is 0.00303. The van der Waals surface area contributed by atoms with Crippen LogP contribution in [0.3, 0.4) is 0 Å². The van der Waals surface area contributed by atoms with Crippen molar-refractivity contribution in [3.8, 4) is 0 Å². The molecule has 0 heterocycles. The fraction of sp³-hybridized carbons (Fsp3) is 0.857. The smallest absolute Gasteiger partial charge is 0.405 e. The number of nitrogens with two attached hydrogens (primary N) is 2. The molecule has 2 rings (SSSR count). The predicted molar refractivity (Wildman–Crippen MR) is 75.0 cm³/mol. The Morgan fingerprint density at radius 2 is 1.65 bits per heavy atom. The third kappa shape index (κ3) is 6.63. The summed E-state index contributed by atoms with van der Waals surface area (Å²) in [5.41, 5.74) is 9.47. The van der Waals surface area contributed by atoms with E-state index in [1.54, 1.807) is 0 Å². The molecular weight excluding hydrogens is 260 g/mol. The Balaban J connectivity index is 0.000000204. The quantitative estimate of drug-likeness (QED) is 0.832. The highest BCUT2D eigenvalue weighted by Crippen LogP contribution is 2.33. The summed E-state index contributed by atoms with van der Waals surface area (Å²) >= 11 is 0. The second-order valence-electron chi connectivity index (χ2n) is 5.91. The largest absolute Gasteiger partial charge is 0.446 e. The number of rotatable bonds is 3. The van der Waals surface area contributed by atoms with E-state index in [0.29, 0.717) is 5.92 Å². The molecule has 0 aromatic carbocycles. The Morgan fingerprint density at radius 3 is 2.05 bits per heavy atom. The van der Waals surface area contributed by atoms with Gasteiger partial charge < -0.3 is 20.9 Å². The molecule has 6 nitrogen and oxygen atoms in total. The lowest BCUT2D eigenvalue weighted by atomic mass is 9.86. The summed E-state index contributed by atoms with van der Waals surface area (Å²) in [7, 11) is 0. The molecule has 6 heteroatoms. The zero-order chi connectivity index (χ0) is 15.2. The predicted octanol–water partition coefficient (Wildman–Crippen LogP) is 2.68. The summed E-state index contributed by atoms with van der Waals surface area (Å²) < 4.78 is 9.73. The molecule has 2 aliphatic rings. The molecule has 2 saturated carbocycles. The highest BCUT2D eigenvalue weighted by molar-refractivity contribution is 5.65. The van der Waals surface area contributed by atoms with Crippen LogP contribution in [-0.2, 0) is 9.47 Å². The molecule has 2 fully saturated rings. The van der Waals surface area contributed by atoms with Crippen molar-refractivity contribution in [3.63, 3.8) is 0 Å². The van der Waals surface area contributed by atoms with Crippen LogP contribution in [0.4, 0.5) is 9.59 Å². The molecule has 0 radical (unpaired) electrons. The molecule has 2 aliphatic carbocycles. The Kier molecular flexibility index (Phi) is 6.10. The molecule has 0 aromatic heterocycles. The van der Waals surface area contributed by atoms with E-state index in [-0.39, 0.29) is 11.7 Å². The van der Waals surface area contributed by atoms with Crippen LogP contribution in [0.2, 0.25) is 0 Å². The molecule has 1 unspecified atom stereocenters. The van der Waals surface area contributed by atoms with Gasteiger partial charge in [-0.2, -0.15) is 0 Å². The Labute approximate surface area is 120 Å². The number of ether oxygens (including phenoxy) is 2. The number of amides is 2. The number of primary amides is 2. The average Bonchev–Trinajstić information content (AvgIpc) is 3.11. The van der Waals surface area contributed by atoms with E-state index in [1.165, 1.54) is 19.3 Å². The van der Waals surface area contributed by atoms with Gasteiger partial charge in [-0.1, -0.05) is 6.42 Å². The van der Waals surface area contributed by atoms with Crippen LogP contribution < -0.4 is 11.5 Å². The van der Waals surface area contributed by atoms with Crippen LogP contribution in [0.25, 0.3) is 0 Å². The summed E-state index contributed by atoms with van der Waals surface area (Å²) in [6.07, 6.45) is 6.52. The van der Waals surface area contributed by atoms with Crippen LogP contribution in [0, 0.1) is 5.92 Å². The fourth-order valence-corrected chi connectivity index (χ4v) is 2.49. The molecule has 0 spiro atoms. The van der Waals surface area contributed by atoms with E-state index in [2.05, 4.69) is 0 Å². The number of carbonyl (C=O) groups excluding carboxylic acids is 2. The van der Waals surface area contributed by atoms with E-state index in [0.717, 1.165) is 25.7 Å². The maximum absolute atomic E-state index is 10.5. The first-order chi connectivity index (χ1) is 9.32. The summed E-state index contributed by atoms with van der Waals surface area (Å²) in [5.74, 6) is 0.581. The zero-order valence-corrected chi connectivity index (χ0v) is 12.4. The van der Waals surface area contributed by atoms with E-state index in [4.69, 9.17) is 20.9 Å². The summed E-state index contributed by atoms with van der Waals surface area (Å²) in [4.78, 5) is 20.6. The molecule has 0 bridgehead atoms. The van der Waals surface area contributed by atoms with Crippen molar-refractivity contribution in [2.45, 2.75) is 70.5 Å². The van der Waals surface area contributed by atoms with E-state index >= 15 is 0 Å². The van der Waals surface area contributed by atoms with Crippen molar-refractivity contribution in [2.24, 2.45) is 17.4 Å². The standard InChI is InChI=1S/C8H15NO2.C6H11NO2/c1-8(11-7(9)10)5-3-2-4-6-8;1-4(5-2-3-5)9-6(7)8/h2-6H2,1H3,(H2,9,10);4-5H,2-3H2,1H3,(H2,7,8). The van der Waals surface area contributed by atoms with Gasteiger partial charge in [-0.05, 0) is 58.3 Å². The molecule has 2 amide bonds. The van der Waals surface area contributed by atoms with Gasteiger partial charge in [0, 0.05) is 0 Å². The van der Waals surface area contributed by atoms with Gasteiger partial charge in [0.1, 0.15) is 11.7 Å². The van der Waals surface area contributed by atoms with Gasteiger partial charge in [0.2, 0.25) is 0 Å². The molecule has 0 aromatic rings. The lowest BCUT2D eigenvalue weighted by Crippen LogP contribution is -2.35. The van der Waals surface area contributed by atoms with Crippen LogP contribution in [0.5, 0.6) is 0 Å². The molecule has 0 saturated heterocycles. The van der Waals surface area contributed by atoms with E-state index in [1.807, 2.05) is 13.8 Å². The van der Waals surface area contributed by atoms with Crippen molar-refractivity contribution in [2.75, 3.05) is 0 Å². The van der Waals surface area contributed by atoms with Gasteiger partial charge in [0.05, 0.1) is 0 Å². The Hall–Kier alpha value is -1.46. The highest BCUT2D eigenvalue weighted by Gasteiger charge is 2.30. The number of hydrogen-bond donors (Lipinski definition) is 2. The van der Waals surface area contributed by atoms with Crippen molar-refractivity contribution < 1.29 is 19.1 Å². The maximum Gasteiger partial charge on any atom is 0.405 e. The number of carbonyl (C=O) groups is 2. The monoisotopic (exact) mass is 286 g/mol. The first-order valence-corrected chi connectivity index (χ1v) is 7.27. The fourth-order valence-electron chi connectivity index (χ4n) is 2.49. The average molecular weight is 286 g/mol. The first kappa shape index (κ1) is 16.6. The van der Waals surface area contributed by atoms with Gasteiger partial charge >= 0.3 is 12.2 Å². The second kappa shape index (κ2) is 7.36. The van der Waals surface area contributed by atoms with E-state index in [9.17, 15) is 9.59 Å². The Morgan fingerprint density at radius 1 is 1.10 bits per heavy atom. The van der Waals surface area contributed by atoms with Crippen molar-refractivity contribution in [1.82, 2.24) is 0 Å². The molecule has 20 heavy (non-hydrogen) atoms. The number of hydrogen-bond acceptors (Lipinski definition) is 4. The second-order valence-corrected chi connectivity index (χ2v) is 5.91. The third-order valence-electron chi connectivity index (χ3n) is 3.85. The minimum Gasteiger partial charge on any atom is -0.446 e. The third-order valence-corrected chi connectivity index (χ3v) is 3.85. The molecule has 1 atom stereocenters. The Bertz CT molecular complexity index is 336. The summed E-state index contributed by atoms with van der Waals surface area (Å²) in [6.45, 7) is 3.83. The van der Waals surface area contributed by atoms with Crippen molar-refractivity contribution in [3.05, 3.63) is 0 Å². The SMILES string of the molecule is CC(OC(N)=O)C1CC1.CC1(OC(N)=O)CCCCC1. The lowest BCUT2D eigenvalue weighted by Gasteiger charge is -2.32. The van der Waals surface area contributed by atoms with Gasteiger partial charge in [-0.3, -0.25) is 0 Å². The molecule has 0 aliphatic heterocycles. The van der Waals surface area contributed by atoms with Gasteiger partial charge in [0.25, 0.3) is 0 Å². The maximum atomic E-state index is 10.5. The summed E-state index contributed by atoms with van der Waals surface area (Å²) in [6, 6.07) is 0. The molecule has 116 valence electrons. The van der Waals surface area contributed by atoms with Crippen LogP contribution in [-0.4, -0.2) is 23.9 Å². The van der Waals surface area contributed by atoms with Gasteiger partial charge in [-0.15, -0.1) is 0 Å². The van der Waals surface area contributed by atoms with Crippen LogP contribution >= 0.6 is 0 Å². The topological polar surface area (TPSA) is 105 Å². The minimum absolute atomic E-state index is 0.0301. The molecule has 4 N–H and O–H groups in total. The first-order valence-electron chi connectivity index (χ1n) is 7.27. The zero-order valence-electron chi connectivity index (χ0n) is 12.4. The normalized spacial score (nSPS) is 21.9. The van der Waals surface area contributed by atoms with E-state index < -0.39 is 12.2 Å². The van der Waals surface area contributed by atoms with Crippen molar-refractivity contribution >= 4 is 12.2 Å².